The average molecular weight is 277 g/mol. The van der Waals surface area contributed by atoms with Crippen LogP contribution in [0.15, 0.2) is 17.8 Å². The molecule has 0 saturated heterocycles. The van der Waals surface area contributed by atoms with E-state index in [1.54, 1.807) is 11.3 Å². The summed E-state index contributed by atoms with van der Waals surface area (Å²) < 4.78 is 2.03. The minimum atomic E-state index is 0.237. The molecule has 5 heteroatoms. The Balaban J connectivity index is 1.47. The van der Waals surface area contributed by atoms with Gasteiger partial charge in [-0.15, -0.1) is 11.3 Å². The van der Waals surface area contributed by atoms with Gasteiger partial charge in [0.05, 0.1) is 5.69 Å². The van der Waals surface area contributed by atoms with Gasteiger partial charge in [0.15, 0.2) is 4.96 Å². The third kappa shape index (κ3) is 2.97. The zero-order valence-electron chi connectivity index (χ0n) is 11.0. The molecule has 2 aromatic rings. The minimum Gasteiger partial charge on any atom is -0.355 e. The number of carbonyl (C=O) groups excluding carboxylic acids is 1. The molecule has 0 radical (unpaired) electrons. The Hall–Kier alpha value is -1.36. The summed E-state index contributed by atoms with van der Waals surface area (Å²) in [5, 5.41) is 5.08. The van der Waals surface area contributed by atoms with Gasteiger partial charge in [-0.1, -0.05) is 19.3 Å². The van der Waals surface area contributed by atoms with E-state index >= 15 is 0 Å². The first-order chi connectivity index (χ1) is 9.33. The van der Waals surface area contributed by atoms with Crippen LogP contribution in [0, 0.1) is 5.92 Å². The maximum atomic E-state index is 12.0. The first-order valence-corrected chi connectivity index (χ1v) is 7.90. The molecule has 0 bridgehead atoms. The number of nitrogens with zero attached hydrogens (tertiary/aromatic N) is 2. The largest absolute Gasteiger partial charge is 0.355 e. The van der Waals surface area contributed by atoms with Crippen molar-refractivity contribution in [1.29, 1.82) is 0 Å². The van der Waals surface area contributed by atoms with E-state index in [1.807, 2.05) is 22.2 Å². The predicted molar refractivity (Wildman–Crippen MR) is 76.4 cm³/mol. The van der Waals surface area contributed by atoms with Crippen LogP contribution in [0.25, 0.3) is 4.96 Å². The van der Waals surface area contributed by atoms with E-state index in [2.05, 4.69) is 10.3 Å². The van der Waals surface area contributed by atoms with Crippen LogP contribution in [0.4, 0.5) is 0 Å². The quantitative estimate of drug-likeness (QED) is 0.934. The number of carbonyl (C=O) groups is 1. The molecule has 1 saturated carbocycles. The molecule has 0 aliphatic heterocycles. The fourth-order valence-electron chi connectivity index (χ4n) is 2.72. The highest BCUT2D eigenvalue weighted by Gasteiger charge is 2.20. The highest BCUT2D eigenvalue weighted by atomic mass is 32.1. The van der Waals surface area contributed by atoms with Gasteiger partial charge in [-0.2, -0.15) is 0 Å². The van der Waals surface area contributed by atoms with Crippen LogP contribution in [0.1, 0.15) is 37.8 Å². The van der Waals surface area contributed by atoms with Gasteiger partial charge in [0.2, 0.25) is 5.91 Å². The van der Waals surface area contributed by atoms with Crippen LogP contribution < -0.4 is 5.32 Å². The van der Waals surface area contributed by atoms with Gasteiger partial charge in [-0.05, 0) is 12.8 Å². The summed E-state index contributed by atoms with van der Waals surface area (Å²) in [6.07, 6.45) is 10.7. The number of hydrogen-bond donors (Lipinski definition) is 1. The first kappa shape index (κ1) is 12.7. The summed E-state index contributed by atoms with van der Waals surface area (Å²) in [5.41, 5.74) is 1.05. The lowest BCUT2D eigenvalue weighted by Gasteiger charge is -2.20. The monoisotopic (exact) mass is 277 g/mol. The Kier molecular flexibility index (Phi) is 3.82. The van der Waals surface area contributed by atoms with Crippen molar-refractivity contribution in [2.75, 3.05) is 6.54 Å². The molecule has 0 unspecified atom stereocenters. The number of imidazole rings is 1. The first-order valence-electron chi connectivity index (χ1n) is 7.02. The van der Waals surface area contributed by atoms with Crippen LogP contribution in [0.2, 0.25) is 0 Å². The molecule has 1 aliphatic rings. The number of nitrogens with one attached hydrogen (secondary N) is 1. The van der Waals surface area contributed by atoms with E-state index in [-0.39, 0.29) is 11.8 Å². The molecular weight excluding hydrogens is 258 g/mol. The molecule has 0 atom stereocenters. The molecule has 0 aromatic carbocycles. The zero-order valence-corrected chi connectivity index (χ0v) is 11.8. The van der Waals surface area contributed by atoms with Crippen molar-refractivity contribution in [3.63, 3.8) is 0 Å². The summed E-state index contributed by atoms with van der Waals surface area (Å²) in [6.45, 7) is 0.695. The molecule has 3 rings (SSSR count). The maximum absolute atomic E-state index is 12.0. The van der Waals surface area contributed by atoms with Gasteiger partial charge in [0.1, 0.15) is 0 Å². The van der Waals surface area contributed by atoms with Crippen molar-refractivity contribution in [2.24, 2.45) is 5.92 Å². The standard InChI is InChI=1S/C14H19N3OS/c18-13(11-4-2-1-3-5-11)15-7-6-12-10-17-8-9-19-14(17)16-12/h8-11H,1-7H2,(H,15,18). The third-order valence-corrected chi connectivity index (χ3v) is 4.57. The van der Waals surface area contributed by atoms with Crippen molar-refractivity contribution < 1.29 is 4.79 Å². The Morgan fingerprint density at radius 1 is 1.42 bits per heavy atom. The molecular formula is C14H19N3OS. The van der Waals surface area contributed by atoms with E-state index in [0.29, 0.717) is 6.54 Å². The number of aromatic nitrogens is 2. The number of rotatable bonds is 4. The second-order valence-corrected chi connectivity index (χ2v) is 6.07. The Bertz CT molecular complexity index is 525. The molecule has 102 valence electrons. The Morgan fingerprint density at radius 2 is 2.26 bits per heavy atom. The van der Waals surface area contributed by atoms with Gasteiger partial charge < -0.3 is 5.32 Å². The van der Waals surface area contributed by atoms with Gasteiger partial charge in [0, 0.05) is 36.7 Å². The highest BCUT2D eigenvalue weighted by molar-refractivity contribution is 7.15. The molecule has 1 fully saturated rings. The number of hydrogen-bond acceptors (Lipinski definition) is 3. The summed E-state index contributed by atoms with van der Waals surface area (Å²) in [7, 11) is 0. The van der Waals surface area contributed by atoms with Crippen LogP contribution in [0.3, 0.4) is 0 Å². The van der Waals surface area contributed by atoms with Crippen molar-refractivity contribution in [3.8, 4) is 0 Å². The Morgan fingerprint density at radius 3 is 3.05 bits per heavy atom. The summed E-state index contributed by atoms with van der Waals surface area (Å²) in [6, 6.07) is 0. The molecule has 19 heavy (non-hydrogen) atoms. The Labute approximate surface area is 116 Å². The van der Waals surface area contributed by atoms with Gasteiger partial charge in [-0.25, -0.2) is 4.98 Å². The fraction of sp³-hybridized carbons (Fsp3) is 0.571. The number of fused-ring (bicyclic) bond motifs is 1. The van der Waals surface area contributed by atoms with Crippen LogP contribution in [-0.4, -0.2) is 21.8 Å². The van der Waals surface area contributed by atoms with Crippen molar-refractivity contribution in [1.82, 2.24) is 14.7 Å². The summed E-state index contributed by atoms with van der Waals surface area (Å²) >= 11 is 1.64. The average Bonchev–Trinajstić information content (AvgIpc) is 3.00. The van der Waals surface area contributed by atoms with E-state index in [0.717, 1.165) is 29.9 Å². The highest BCUT2D eigenvalue weighted by Crippen LogP contribution is 2.23. The van der Waals surface area contributed by atoms with E-state index in [1.165, 1.54) is 19.3 Å². The van der Waals surface area contributed by atoms with E-state index in [4.69, 9.17) is 0 Å². The third-order valence-electron chi connectivity index (χ3n) is 3.80. The number of thiazole rings is 1. The zero-order chi connectivity index (χ0) is 13.1. The van der Waals surface area contributed by atoms with Crippen molar-refractivity contribution in [2.45, 2.75) is 38.5 Å². The molecule has 2 heterocycles. The lowest BCUT2D eigenvalue weighted by Crippen LogP contribution is -2.33. The second kappa shape index (κ2) is 5.74. The molecule has 1 aliphatic carbocycles. The minimum absolute atomic E-state index is 0.237. The number of amides is 1. The summed E-state index contributed by atoms with van der Waals surface area (Å²) in [4.78, 5) is 17.5. The fourth-order valence-corrected chi connectivity index (χ4v) is 3.44. The van der Waals surface area contributed by atoms with Crippen LogP contribution >= 0.6 is 11.3 Å². The normalized spacial score (nSPS) is 16.8. The smallest absolute Gasteiger partial charge is 0.223 e. The van der Waals surface area contributed by atoms with E-state index in [9.17, 15) is 4.79 Å². The topological polar surface area (TPSA) is 46.4 Å². The molecule has 1 amide bonds. The van der Waals surface area contributed by atoms with Crippen molar-refractivity contribution in [3.05, 3.63) is 23.5 Å². The molecule has 2 aromatic heterocycles. The predicted octanol–water partition coefficient (Wildman–Crippen LogP) is 2.63. The van der Waals surface area contributed by atoms with Crippen LogP contribution in [-0.2, 0) is 11.2 Å². The molecule has 4 nitrogen and oxygen atoms in total. The maximum Gasteiger partial charge on any atom is 0.223 e. The van der Waals surface area contributed by atoms with E-state index < -0.39 is 0 Å². The molecule has 0 spiro atoms. The SMILES string of the molecule is O=C(NCCc1cn2ccsc2n1)C1CCCCC1. The van der Waals surface area contributed by atoms with Gasteiger partial charge in [0.25, 0.3) is 0 Å². The lowest BCUT2D eigenvalue weighted by molar-refractivity contribution is -0.125. The lowest BCUT2D eigenvalue weighted by atomic mass is 9.89. The summed E-state index contributed by atoms with van der Waals surface area (Å²) in [5.74, 6) is 0.486. The van der Waals surface area contributed by atoms with Gasteiger partial charge >= 0.3 is 0 Å². The van der Waals surface area contributed by atoms with Gasteiger partial charge in [-0.3, -0.25) is 9.20 Å². The second-order valence-electron chi connectivity index (χ2n) is 5.20. The van der Waals surface area contributed by atoms with Crippen molar-refractivity contribution >= 4 is 22.2 Å². The van der Waals surface area contributed by atoms with Crippen LogP contribution in [0.5, 0.6) is 0 Å². The molecule has 1 N–H and O–H groups in total.